The molecule has 0 spiro atoms. The average Bonchev–Trinajstić information content (AvgIpc) is 2.15. The molecule has 0 saturated heterocycles. The molecular weight excluding hydrogens is 194 g/mol. The lowest BCUT2D eigenvalue weighted by atomic mass is 10.1. The Hall–Kier alpha value is -0.610. The van der Waals surface area contributed by atoms with Gasteiger partial charge in [0.25, 0.3) is 0 Å². The summed E-state index contributed by atoms with van der Waals surface area (Å²) >= 11 is 0. The van der Waals surface area contributed by atoms with E-state index in [9.17, 15) is 4.79 Å². The van der Waals surface area contributed by atoms with Crippen molar-refractivity contribution in [3.05, 3.63) is 0 Å². The van der Waals surface area contributed by atoms with Gasteiger partial charge in [-0.05, 0) is 25.3 Å². The Morgan fingerprint density at radius 2 is 2.13 bits per heavy atom. The smallest absolute Gasteiger partial charge is 0.323 e. The molecule has 0 amide bonds. The molecule has 1 atom stereocenters. The van der Waals surface area contributed by atoms with Gasteiger partial charge in [-0.25, -0.2) is 0 Å². The molecule has 0 radical (unpaired) electrons. The number of carboxylic acids is 1. The molecule has 0 rings (SSSR count). The molecule has 0 aliphatic rings. The Labute approximate surface area is 92.0 Å². The Morgan fingerprint density at radius 1 is 1.47 bits per heavy atom. The van der Waals surface area contributed by atoms with Crippen molar-refractivity contribution in [1.29, 1.82) is 0 Å². The molecule has 0 aliphatic heterocycles. The molecule has 0 aliphatic carbocycles. The second-order valence-corrected chi connectivity index (χ2v) is 4.10. The van der Waals surface area contributed by atoms with Gasteiger partial charge < -0.3 is 15.2 Å². The van der Waals surface area contributed by atoms with E-state index in [1.54, 1.807) is 0 Å². The normalized spacial score (nSPS) is 13.1. The SMILES string of the molecule is CCCNC(COCCC(C)C)C(=O)O. The molecule has 1 unspecified atom stereocenters. The average molecular weight is 217 g/mol. The molecule has 4 nitrogen and oxygen atoms in total. The van der Waals surface area contributed by atoms with Gasteiger partial charge in [0.05, 0.1) is 6.61 Å². The first kappa shape index (κ1) is 14.4. The van der Waals surface area contributed by atoms with Crippen LogP contribution in [0.2, 0.25) is 0 Å². The van der Waals surface area contributed by atoms with Gasteiger partial charge in [0.1, 0.15) is 6.04 Å². The van der Waals surface area contributed by atoms with Crippen molar-refractivity contribution < 1.29 is 14.6 Å². The summed E-state index contributed by atoms with van der Waals surface area (Å²) in [6.45, 7) is 7.84. The maximum Gasteiger partial charge on any atom is 0.323 e. The quantitative estimate of drug-likeness (QED) is 0.575. The maximum atomic E-state index is 10.8. The van der Waals surface area contributed by atoms with E-state index in [0.717, 1.165) is 12.8 Å². The highest BCUT2D eigenvalue weighted by Gasteiger charge is 2.15. The molecule has 2 N–H and O–H groups in total. The van der Waals surface area contributed by atoms with Crippen molar-refractivity contribution in [2.75, 3.05) is 19.8 Å². The van der Waals surface area contributed by atoms with E-state index in [0.29, 0.717) is 19.1 Å². The molecule has 0 aromatic rings. The molecule has 0 fully saturated rings. The van der Waals surface area contributed by atoms with Crippen LogP contribution in [0.15, 0.2) is 0 Å². The molecule has 0 aromatic carbocycles. The summed E-state index contributed by atoms with van der Waals surface area (Å²) in [5, 5.41) is 11.8. The van der Waals surface area contributed by atoms with Crippen molar-refractivity contribution in [3.63, 3.8) is 0 Å². The predicted molar refractivity (Wildman–Crippen MR) is 60.0 cm³/mol. The topological polar surface area (TPSA) is 58.6 Å². The van der Waals surface area contributed by atoms with Crippen LogP contribution in [0.4, 0.5) is 0 Å². The van der Waals surface area contributed by atoms with Gasteiger partial charge >= 0.3 is 5.97 Å². The largest absolute Gasteiger partial charge is 0.480 e. The first-order valence-corrected chi connectivity index (χ1v) is 5.61. The zero-order valence-corrected chi connectivity index (χ0v) is 9.95. The second-order valence-electron chi connectivity index (χ2n) is 4.10. The number of nitrogens with one attached hydrogen (secondary N) is 1. The summed E-state index contributed by atoms with van der Waals surface area (Å²) in [7, 11) is 0. The minimum atomic E-state index is -0.840. The lowest BCUT2D eigenvalue weighted by Gasteiger charge is -2.14. The summed E-state index contributed by atoms with van der Waals surface area (Å²) in [5.41, 5.74) is 0. The Kier molecular flexibility index (Phi) is 8.33. The van der Waals surface area contributed by atoms with E-state index in [1.165, 1.54) is 0 Å². The number of rotatable bonds is 9. The van der Waals surface area contributed by atoms with Gasteiger partial charge in [0, 0.05) is 6.61 Å². The van der Waals surface area contributed by atoms with Crippen LogP contribution in [0.1, 0.15) is 33.6 Å². The van der Waals surface area contributed by atoms with Gasteiger partial charge in [0.15, 0.2) is 0 Å². The van der Waals surface area contributed by atoms with Gasteiger partial charge in [0.2, 0.25) is 0 Å². The highest BCUT2D eigenvalue weighted by molar-refractivity contribution is 5.73. The fourth-order valence-electron chi connectivity index (χ4n) is 1.06. The number of ether oxygens (including phenoxy) is 1. The summed E-state index contributed by atoms with van der Waals surface area (Å²) in [6, 6.07) is -0.572. The zero-order chi connectivity index (χ0) is 11.7. The van der Waals surface area contributed by atoms with Gasteiger partial charge in [-0.3, -0.25) is 4.79 Å². The van der Waals surface area contributed by atoms with Crippen LogP contribution >= 0.6 is 0 Å². The molecule has 0 heterocycles. The van der Waals surface area contributed by atoms with E-state index < -0.39 is 12.0 Å². The van der Waals surface area contributed by atoms with Crippen LogP contribution in [0.3, 0.4) is 0 Å². The van der Waals surface area contributed by atoms with Crippen molar-refractivity contribution in [3.8, 4) is 0 Å². The third-order valence-corrected chi connectivity index (χ3v) is 2.06. The summed E-state index contributed by atoms with van der Waals surface area (Å²) < 4.78 is 5.32. The van der Waals surface area contributed by atoms with E-state index in [1.807, 2.05) is 6.92 Å². The summed E-state index contributed by atoms with van der Waals surface area (Å²) in [4.78, 5) is 10.8. The van der Waals surface area contributed by atoms with E-state index >= 15 is 0 Å². The first-order valence-electron chi connectivity index (χ1n) is 5.61. The monoisotopic (exact) mass is 217 g/mol. The van der Waals surface area contributed by atoms with Gasteiger partial charge in [-0.2, -0.15) is 0 Å². The fourth-order valence-corrected chi connectivity index (χ4v) is 1.06. The zero-order valence-electron chi connectivity index (χ0n) is 9.95. The molecular formula is C11H23NO3. The maximum absolute atomic E-state index is 10.8. The summed E-state index contributed by atoms with van der Waals surface area (Å²) in [6.07, 6.45) is 1.90. The minimum Gasteiger partial charge on any atom is -0.480 e. The van der Waals surface area contributed by atoms with Crippen LogP contribution in [0.25, 0.3) is 0 Å². The summed E-state index contributed by atoms with van der Waals surface area (Å²) in [5.74, 6) is -0.245. The number of hydrogen-bond acceptors (Lipinski definition) is 3. The van der Waals surface area contributed by atoms with Crippen molar-refractivity contribution >= 4 is 5.97 Å². The third-order valence-electron chi connectivity index (χ3n) is 2.06. The van der Waals surface area contributed by atoms with Crippen molar-refractivity contribution in [1.82, 2.24) is 5.32 Å². The molecule has 0 saturated carbocycles. The predicted octanol–water partition coefficient (Wildman–Crippen LogP) is 1.50. The first-order chi connectivity index (χ1) is 7.07. The number of aliphatic carboxylic acids is 1. The Morgan fingerprint density at radius 3 is 2.60 bits per heavy atom. The van der Waals surface area contributed by atoms with E-state index in [4.69, 9.17) is 9.84 Å². The fraction of sp³-hybridized carbons (Fsp3) is 0.909. The van der Waals surface area contributed by atoms with Gasteiger partial charge in [-0.15, -0.1) is 0 Å². The van der Waals surface area contributed by atoms with Crippen molar-refractivity contribution in [2.45, 2.75) is 39.7 Å². The molecule has 0 bridgehead atoms. The number of carboxylic acid groups (broad SMARTS) is 1. The van der Waals surface area contributed by atoms with Gasteiger partial charge in [-0.1, -0.05) is 20.8 Å². The van der Waals surface area contributed by atoms with Crippen LogP contribution in [0, 0.1) is 5.92 Å². The Bertz CT molecular complexity index is 171. The molecule has 4 heteroatoms. The molecule has 90 valence electrons. The van der Waals surface area contributed by atoms with Crippen LogP contribution < -0.4 is 5.32 Å². The van der Waals surface area contributed by atoms with Crippen molar-refractivity contribution in [2.24, 2.45) is 5.92 Å². The van der Waals surface area contributed by atoms with Crippen LogP contribution in [-0.4, -0.2) is 36.9 Å². The molecule has 0 aromatic heterocycles. The van der Waals surface area contributed by atoms with E-state index in [2.05, 4.69) is 19.2 Å². The van der Waals surface area contributed by atoms with E-state index in [-0.39, 0.29) is 6.61 Å². The lowest BCUT2D eigenvalue weighted by Crippen LogP contribution is -2.41. The highest BCUT2D eigenvalue weighted by atomic mass is 16.5. The molecule has 15 heavy (non-hydrogen) atoms. The third kappa shape index (κ3) is 8.39. The van der Waals surface area contributed by atoms with Crippen LogP contribution in [-0.2, 0) is 9.53 Å². The van der Waals surface area contributed by atoms with Crippen LogP contribution in [0.5, 0.6) is 0 Å². The second kappa shape index (κ2) is 8.68. The minimum absolute atomic E-state index is 0.252. The standard InChI is InChI=1S/C11H23NO3/c1-4-6-12-10(11(13)14)8-15-7-5-9(2)3/h9-10,12H,4-8H2,1-3H3,(H,13,14). The highest BCUT2D eigenvalue weighted by Crippen LogP contribution is 1.99. The lowest BCUT2D eigenvalue weighted by molar-refractivity contribution is -0.141. The Balaban J connectivity index is 3.62. The number of hydrogen-bond donors (Lipinski definition) is 2. The number of carbonyl (C=O) groups is 1.